The molecule has 0 unspecified atom stereocenters. The molecule has 1 aromatic rings. The number of anilines is 1. The Morgan fingerprint density at radius 1 is 1.58 bits per heavy atom. The molecular weight excluding hydrogens is 176 g/mol. The predicted molar refractivity (Wildman–Crippen MR) is 49.0 cm³/mol. The van der Waals surface area contributed by atoms with E-state index in [1.165, 1.54) is 6.20 Å². The monoisotopic (exact) mass is 184 g/mol. The van der Waals surface area contributed by atoms with Gasteiger partial charge in [-0.25, -0.2) is 4.98 Å². The average Bonchev–Trinajstić information content (AvgIpc) is 2.03. The third-order valence-corrected chi connectivity index (χ3v) is 1.68. The summed E-state index contributed by atoms with van der Waals surface area (Å²) in [6, 6.07) is 1.59. The molecule has 0 atom stereocenters. The van der Waals surface area contributed by atoms with Crippen LogP contribution >= 0.6 is 11.6 Å². The number of aromatic nitrogens is 1. The summed E-state index contributed by atoms with van der Waals surface area (Å²) < 4.78 is 0. The zero-order valence-electron chi connectivity index (χ0n) is 6.91. The maximum absolute atomic E-state index is 10.3. The molecule has 0 aromatic carbocycles. The van der Waals surface area contributed by atoms with Gasteiger partial charge in [0.1, 0.15) is 5.82 Å². The van der Waals surface area contributed by atoms with Crippen LogP contribution in [0.4, 0.5) is 5.82 Å². The molecule has 1 rings (SSSR count). The minimum Gasteiger partial charge on any atom is -0.362 e. The van der Waals surface area contributed by atoms with Crippen molar-refractivity contribution in [3.8, 4) is 0 Å². The fourth-order valence-corrected chi connectivity index (χ4v) is 1.18. The second-order valence-corrected chi connectivity index (χ2v) is 2.99. The van der Waals surface area contributed by atoms with E-state index in [1.54, 1.807) is 11.0 Å². The van der Waals surface area contributed by atoms with Gasteiger partial charge in [0.05, 0.1) is 5.02 Å². The maximum atomic E-state index is 10.3. The van der Waals surface area contributed by atoms with E-state index >= 15 is 0 Å². The van der Waals surface area contributed by atoms with Crippen molar-refractivity contribution in [1.29, 1.82) is 0 Å². The molecule has 0 aliphatic heterocycles. The van der Waals surface area contributed by atoms with Crippen molar-refractivity contribution in [3.05, 3.63) is 22.8 Å². The van der Waals surface area contributed by atoms with Gasteiger partial charge in [0.2, 0.25) is 0 Å². The van der Waals surface area contributed by atoms with Crippen LogP contribution in [-0.4, -0.2) is 25.4 Å². The van der Waals surface area contributed by atoms with Gasteiger partial charge in [-0.15, -0.1) is 0 Å². The van der Waals surface area contributed by atoms with E-state index < -0.39 is 0 Å². The van der Waals surface area contributed by atoms with Crippen molar-refractivity contribution < 1.29 is 4.79 Å². The second-order valence-electron chi connectivity index (χ2n) is 2.59. The topological polar surface area (TPSA) is 33.2 Å². The highest BCUT2D eigenvalue weighted by atomic mass is 35.5. The van der Waals surface area contributed by atoms with Gasteiger partial charge in [0, 0.05) is 25.9 Å². The lowest BCUT2D eigenvalue weighted by Gasteiger charge is -2.12. The first-order chi connectivity index (χ1) is 5.65. The number of rotatable bonds is 2. The first-order valence-corrected chi connectivity index (χ1v) is 3.81. The molecule has 12 heavy (non-hydrogen) atoms. The SMILES string of the molecule is CN(C)c1ncc(C=O)cc1Cl. The second kappa shape index (κ2) is 3.54. The van der Waals surface area contributed by atoms with E-state index in [4.69, 9.17) is 11.6 Å². The highest BCUT2D eigenvalue weighted by Crippen LogP contribution is 2.21. The molecule has 0 fully saturated rings. The number of hydrogen-bond donors (Lipinski definition) is 0. The Bertz CT molecular complexity index is 299. The first kappa shape index (κ1) is 9.00. The van der Waals surface area contributed by atoms with Crippen LogP contribution in [0.5, 0.6) is 0 Å². The molecule has 0 saturated carbocycles. The standard InChI is InChI=1S/C8H9ClN2O/c1-11(2)8-7(9)3-6(5-12)4-10-8/h3-5H,1-2H3. The summed E-state index contributed by atoms with van der Waals surface area (Å²) in [7, 11) is 3.68. The number of carbonyl (C=O) groups is 1. The normalized spacial score (nSPS) is 9.58. The molecule has 0 amide bonds. The number of halogens is 1. The van der Waals surface area contributed by atoms with Crippen molar-refractivity contribution in [2.75, 3.05) is 19.0 Å². The van der Waals surface area contributed by atoms with Gasteiger partial charge >= 0.3 is 0 Å². The van der Waals surface area contributed by atoms with Crippen molar-refractivity contribution in [2.45, 2.75) is 0 Å². The minimum atomic E-state index is 0.490. The van der Waals surface area contributed by atoms with E-state index in [2.05, 4.69) is 4.98 Å². The summed E-state index contributed by atoms with van der Waals surface area (Å²) in [6.07, 6.45) is 2.21. The van der Waals surface area contributed by atoms with E-state index in [0.717, 1.165) is 6.29 Å². The number of aldehydes is 1. The van der Waals surface area contributed by atoms with Gasteiger partial charge in [0.25, 0.3) is 0 Å². The number of nitrogens with zero attached hydrogens (tertiary/aromatic N) is 2. The average molecular weight is 185 g/mol. The van der Waals surface area contributed by atoms with Crippen LogP contribution in [0, 0.1) is 0 Å². The van der Waals surface area contributed by atoms with E-state index in [9.17, 15) is 4.79 Å². The Hall–Kier alpha value is -1.09. The summed E-state index contributed by atoms with van der Waals surface area (Å²) in [5.74, 6) is 0.669. The molecule has 1 heterocycles. The molecule has 0 aliphatic carbocycles. The molecule has 0 radical (unpaired) electrons. The quantitative estimate of drug-likeness (QED) is 0.655. The molecule has 3 nitrogen and oxygen atoms in total. The van der Waals surface area contributed by atoms with Crippen molar-refractivity contribution >= 4 is 23.7 Å². The lowest BCUT2D eigenvalue weighted by Crippen LogP contribution is -2.11. The fourth-order valence-electron chi connectivity index (χ4n) is 0.839. The Morgan fingerprint density at radius 2 is 2.25 bits per heavy atom. The third kappa shape index (κ3) is 1.74. The van der Waals surface area contributed by atoms with Crippen molar-refractivity contribution in [2.24, 2.45) is 0 Å². The van der Waals surface area contributed by atoms with Crippen LogP contribution in [0.1, 0.15) is 10.4 Å². The molecule has 0 saturated heterocycles. The first-order valence-electron chi connectivity index (χ1n) is 3.43. The molecule has 0 N–H and O–H groups in total. The summed E-state index contributed by atoms with van der Waals surface area (Å²) >= 11 is 5.84. The number of hydrogen-bond acceptors (Lipinski definition) is 3. The predicted octanol–water partition coefficient (Wildman–Crippen LogP) is 1.61. The van der Waals surface area contributed by atoms with Gasteiger partial charge < -0.3 is 4.90 Å². The Balaban J connectivity index is 3.11. The molecular formula is C8H9ClN2O. The summed E-state index contributed by atoms with van der Waals surface area (Å²) in [6.45, 7) is 0. The minimum absolute atomic E-state index is 0.490. The van der Waals surface area contributed by atoms with Crippen LogP contribution in [0.2, 0.25) is 5.02 Å². The van der Waals surface area contributed by atoms with Gasteiger partial charge in [-0.1, -0.05) is 11.6 Å². The molecule has 4 heteroatoms. The van der Waals surface area contributed by atoms with Gasteiger partial charge in [-0.3, -0.25) is 4.79 Å². The number of carbonyl (C=O) groups excluding carboxylic acids is 1. The van der Waals surface area contributed by atoms with Crippen LogP contribution in [-0.2, 0) is 0 Å². The third-order valence-electron chi connectivity index (χ3n) is 1.40. The molecule has 0 spiro atoms. The van der Waals surface area contributed by atoms with Gasteiger partial charge in [0.15, 0.2) is 6.29 Å². The highest BCUT2D eigenvalue weighted by Gasteiger charge is 2.03. The molecule has 64 valence electrons. The number of pyridine rings is 1. The lowest BCUT2D eigenvalue weighted by atomic mass is 10.3. The smallest absolute Gasteiger partial charge is 0.151 e. The Labute approximate surface area is 76.0 Å². The van der Waals surface area contributed by atoms with Crippen molar-refractivity contribution in [3.63, 3.8) is 0 Å². The van der Waals surface area contributed by atoms with E-state index in [-0.39, 0.29) is 0 Å². The maximum Gasteiger partial charge on any atom is 0.151 e. The Kier molecular flexibility index (Phi) is 2.65. The molecule has 1 aromatic heterocycles. The van der Waals surface area contributed by atoms with Gasteiger partial charge in [-0.05, 0) is 6.07 Å². The largest absolute Gasteiger partial charge is 0.362 e. The zero-order chi connectivity index (χ0) is 9.14. The molecule has 0 bridgehead atoms. The van der Waals surface area contributed by atoms with Crippen LogP contribution < -0.4 is 4.90 Å². The van der Waals surface area contributed by atoms with E-state index in [0.29, 0.717) is 16.4 Å². The van der Waals surface area contributed by atoms with E-state index in [1.807, 2.05) is 14.1 Å². The molecule has 0 aliphatic rings. The van der Waals surface area contributed by atoms with Crippen molar-refractivity contribution in [1.82, 2.24) is 4.98 Å². The summed E-state index contributed by atoms with van der Waals surface area (Å²) in [5, 5.41) is 0.490. The lowest BCUT2D eigenvalue weighted by molar-refractivity contribution is 0.112. The van der Waals surface area contributed by atoms with Gasteiger partial charge in [-0.2, -0.15) is 0 Å². The summed E-state index contributed by atoms with van der Waals surface area (Å²) in [5.41, 5.74) is 0.491. The van der Waals surface area contributed by atoms with Crippen LogP contribution in [0.15, 0.2) is 12.3 Å². The highest BCUT2D eigenvalue weighted by molar-refractivity contribution is 6.33. The summed E-state index contributed by atoms with van der Waals surface area (Å²) in [4.78, 5) is 16.1. The van der Waals surface area contributed by atoms with Crippen LogP contribution in [0.25, 0.3) is 0 Å². The van der Waals surface area contributed by atoms with Crippen LogP contribution in [0.3, 0.4) is 0 Å². The Morgan fingerprint density at radius 3 is 2.67 bits per heavy atom. The zero-order valence-corrected chi connectivity index (χ0v) is 7.67. The fraction of sp³-hybridized carbons (Fsp3) is 0.250.